The number of hydrogen-bond donors (Lipinski definition) is 0. The molecule has 0 unspecified atom stereocenters. The van der Waals surface area contributed by atoms with Crippen LogP contribution in [0, 0.1) is 0 Å². The van der Waals surface area contributed by atoms with Crippen molar-refractivity contribution in [2.75, 3.05) is 0 Å². The number of ether oxygens (including phenoxy) is 1. The van der Waals surface area contributed by atoms with Crippen LogP contribution in [-0.2, 0) is 10.2 Å². The normalized spacial score (nSPS) is 20.1. The molecular formula is C20H15NO2. The Morgan fingerprint density at radius 2 is 1.78 bits per heavy atom. The van der Waals surface area contributed by atoms with Crippen molar-refractivity contribution < 1.29 is 9.53 Å². The topological polar surface area (TPSA) is 39.2 Å². The number of fused-ring (bicyclic) bond motifs is 4. The molecule has 0 amide bonds. The molecular weight excluding hydrogens is 286 g/mol. The number of nitrogens with zero attached hydrogens (tertiary/aromatic N) is 1. The van der Waals surface area contributed by atoms with Crippen molar-refractivity contribution in [2.45, 2.75) is 25.4 Å². The molecule has 3 aromatic rings. The quantitative estimate of drug-likeness (QED) is 0.578. The highest BCUT2D eigenvalue weighted by atomic mass is 16.5. The second-order valence-electron chi connectivity index (χ2n) is 6.82. The molecule has 1 aliphatic carbocycles. The lowest BCUT2D eigenvalue weighted by molar-refractivity contribution is 0.0206. The zero-order valence-electron chi connectivity index (χ0n) is 13.0. The van der Waals surface area contributed by atoms with Crippen LogP contribution in [0.4, 0.5) is 0 Å². The Balaban J connectivity index is 2.00. The van der Waals surface area contributed by atoms with Crippen LogP contribution in [-0.4, -0.2) is 11.0 Å². The molecule has 2 aromatic carbocycles. The van der Waals surface area contributed by atoms with Crippen molar-refractivity contribution in [2.24, 2.45) is 0 Å². The molecule has 0 bridgehead atoms. The molecule has 1 aromatic heterocycles. The fourth-order valence-corrected chi connectivity index (χ4v) is 4.03. The lowest BCUT2D eigenvalue weighted by Crippen LogP contribution is -2.31. The maximum absolute atomic E-state index is 12.6. The lowest BCUT2D eigenvalue weighted by Gasteiger charge is -2.37. The maximum Gasteiger partial charge on any atom is 0.339 e. The van der Waals surface area contributed by atoms with E-state index in [1.807, 2.05) is 36.4 Å². The Morgan fingerprint density at radius 1 is 1.04 bits per heavy atom. The summed E-state index contributed by atoms with van der Waals surface area (Å²) in [6.07, 6.45) is -0.271. The molecule has 0 fully saturated rings. The minimum absolute atomic E-state index is 0.231. The van der Waals surface area contributed by atoms with E-state index in [1.165, 1.54) is 5.56 Å². The van der Waals surface area contributed by atoms with E-state index in [0.717, 1.165) is 27.7 Å². The van der Waals surface area contributed by atoms with Gasteiger partial charge in [0.05, 0.1) is 16.8 Å². The summed E-state index contributed by atoms with van der Waals surface area (Å²) in [5.74, 6) is -0.231. The number of esters is 1. The molecule has 0 N–H and O–H groups in total. The molecule has 3 heteroatoms. The van der Waals surface area contributed by atoms with Crippen molar-refractivity contribution in [1.82, 2.24) is 4.98 Å². The molecule has 112 valence electrons. The van der Waals surface area contributed by atoms with Gasteiger partial charge in [-0.2, -0.15) is 0 Å². The summed E-state index contributed by atoms with van der Waals surface area (Å²) >= 11 is 0. The van der Waals surface area contributed by atoms with E-state index >= 15 is 0 Å². The van der Waals surface area contributed by atoms with Gasteiger partial charge in [-0.25, -0.2) is 9.78 Å². The summed E-state index contributed by atoms with van der Waals surface area (Å²) in [5, 5.41) is 0.883. The van der Waals surface area contributed by atoms with Gasteiger partial charge in [0.25, 0.3) is 0 Å². The van der Waals surface area contributed by atoms with E-state index in [4.69, 9.17) is 9.72 Å². The van der Waals surface area contributed by atoms with Gasteiger partial charge in [0, 0.05) is 21.9 Å². The minimum atomic E-state index is -0.271. The largest absolute Gasteiger partial charge is 0.453 e. The Labute approximate surface area is 133 Å². The van der Waals surface area contributed by atoms with Gasteiger partial charge >= 0.3 is 5.97 Å². The standard InChI is InChI=1S/C20H15NO2/c1-20(2)13-9-5-3-7-11(13)17-16-15(19(22)23-18(16)20)12-8-4-6-10-14(12)21-17/h3-10,18H,1-2H3/t18-/m0/s1. The van der Waals surface area contributed by atoms with E-state index in [9.17, 15) is 4.79 Å². The van der Waals surface area contributed by atoms with Crippen molar-refractivity contribution in [3.63, 3.8) is 0 Å². The minimum Gasteiger partial charge on any atom is -0.453 e. The second-order valence-corrected chi connectivity index (χ2v) is 6.82. The van der Waals surface area contributed by atoms with Crippen LogP contribution in [0.2, 0.25) is 0 Å². The Hall–Kier alpha value is -2.68. The van der Waals surface area contributed by atoms with Gasteiger partial charge in [-0.05, 0) is 11.6 Å². The molecule has 0 saturated heterocycles. The van der Waals surface area contributed by atoms with Crippen molar-refractivity contribution in [3.05, 3.63) is 65.2 Å². The van der Waals surface area contributed by atoms with Crippen LogP contribution in [0.5, 0.6) is 0 Å². The first-order chi connectivity index (χ1) is 11.1. The summed E-state index contributed by atoms with van der Waals surface area (Å²) in [6, 6.07) is 16.1. The monoisotopic (exact) mass is 301 g/mol. The smallest absolute Gasteiger partial charge is 0.339 e. The van der Waals surface area contributed by atoms with Crippen LogP contribution in [0.15, 0.2) is 48.5 Å². The van der Waals surface area contributed by atoms with E-state index in [2.05, 4.69) is 26.0 Å². The third-order valence-corrected chi connectivity index (χ3v) is 5.15. The zero-order valence-corrected chi connectivity index (χ0v) is 13.0. The van der Waals surface area contributed by atoms with Gasteiger partial charge in [-0.3, -0.25) is 0 Å². The summed E-state index contributed by atoms with van der Waals surface area (Å²) in [5.41, 5.74) is 5.40. The van der Waals surface area contributed by atoms with Gasteiger partial charge in [-0.15, -0.1) is 0 Å². The highest BCUT2D eigenvalue weighted by Crippen LogP contribution is 2.55. The van der Waals surface area contributed by atoms with Crippen LogP contribution in [0.25, 0.3) is 22.2 Å². The predicted molar refractivity (Wildman–Crippen MR) is 88.4 cm³/mol. The van der Waals surface area contributed by atoms with Gasteiger partial charge < -0.3 is 4.74 Å². The summed E-state index contributed by atoms with van der Waals surface area (Å²) in [6.45, 7) is 4.27. The molecule has 1 atom stereocenters. The number of carbonyl (C=O) groups excluding carboxylic acids is 1. The number of rotatable bonds is 0. The van der Waals surface area contributed by atoms with Crippen molar-refractivity contribution in [3.8, 4) is 11.3 Å². The predicted octanol–water partition coefficient (Wildman–Crippen LogP) is 4.40. The number of hydrogen-bond acceptors (Lipinski definition) is 3. The van der Waals surface area contributed by atoms with Crippen LogP contribution in [0.3, 0.4) is 0 Å². The summed E-state index contributed by atoms with van der Waals surface area (Å²) in [7, 11) is 0. The number of aromatic nitrogens is 1. The highest BCUT2D eigenvalue weighted by molar-refractivity contribution is 6.09. The van der Waals surface area contributed by atoms with Crippen molar-refractivity contribution in [1.29, 1.82) is 0 Å². The first-order valence-corrected chi connectivity index (χ1v) is 7.82. The summed E-state index contributed by atoms with van der Waals surface area (Å²) < 4.78 is 5.81. The SMILES string of the molecule is CC1(C)c2ccccc2-c2nc3ccccc3c3c2[C@@H]1OC3=O. The molecule has 0 radical (unpaired) electrons. The fourth-order valence-electron chi connectivity index (χ4n) is 4.03. The lowest BCUT2D eigenvalue weighted by atomic mass is 9.69. The molecule has 2 aliphatic rings. The maximum atomic E-state index is 12.6. The van der Waals surface area contributed by atoms with Gasteiger partial charge in [0.2, 0.25) is 0 Å². The van der Waals surface area contributed by atoms with Crippen LogP contribution < -0.4 is 0 Å². The molecule has 3 nitrogen and oxygen atoms in total. The number of pyridine rings is 1. The van der Waals surface area contributed by atoms with E-state index in [0.29, 0.717) is 5.56 Å². The molecule has 2 heterocycles. The third-order valence-electron chi connectivity index (χ3n) is 5.15. The van der Waals surface area contributed by atoms with Crippen LogP contribution in [0.1, 0.15) is 41.4 Å². The molecule has 0 spiro atoms. The second kappa shape index (κ2) is 3.99. The molecule has 23 heavy (non-hydrogen) atoms. The zero-order chi connectivity index (χ0) is 15.8. The molecule has 1 aliphatic heterocycles. The summed E-state index contributed by atoms with van der Waals surface area (Å²) in [4.78, 5) is 17.5. The number of carbonyl (C=O) groups is 1. The number of para-hydroxylation sites is 1. The van der Waals surface area contributed by atoms with Gasteiger partial charge in [-0.1, -0.05) is 56.3 Å². The highest BCUT2D eigenvalue weighted by Gasteiger charge is 2.49. The van der Waals surface area contributed by atoms with Crippen LogP contribution >= 0.6 is 0 Å². The first kappa shape index (κ1) is 12.8. The average molecular weight is 301 g/mol. The van der Waals surface area contributed by atoms with Gasteiger partial charge in [0.1, 0.15) is 6.10 Å². The van der Waals surface area contributed by atoms with E-state index < -0.39 is 0 Å². The Morgan fingerprint density at radius 3 is 2.65 bits per heavy atom. The molecule has 0 saturated carbocycles. The fraction of sp³-hybridized carbons (Fsp3) is 0.200. The first-order valence-electron chi connectivity index (χ1n) is 7.82. The molecule has 5 rings (SSSR count). The average Bonchev–Trinajstić information content (AvgIpc) is 2.92. The third kappa shape index (κ3) is 1.45. The Kier molecular flexibility index (Phi) is 2.22. The van der Waals surface area contributed by atoms with E-state index in [-0.39, 0.29) is 17.5 Å². The van der Waals surface area contributed by atoms with Crippen molar-refractivity contribution >= 4 is 16.9 Å². The van der Waals surface area contributed by atoms with Gasteiger partial charge in [0.15, 0.2) is 0 Å². The van der Waals surface area contributed by atoms with E-state index in [1.54, 1.807) is 0 Å². The number of benzene rings is 2. The Bertz CT molecular complexity index is 1000.